The Labute approximate surface area is 128 Å². The van der Waals surface area contributed by atoms with E-state index < -0.39 is 0 Å². The van der Waals surface area contributed by atoms with E-state index in [1.807, 2.05) is 11.3 Å². The van der Waals surface area contributed by atoms with Gasteiger partial charge in [0.25, 0.3) is 0 Å². The number of thiazole rings is 1. The summed E-state index contributed by atoms with van der Waals surface area (Å²) in [5, 5.41) is 3.51. The number of nitrogens with zero attached hydrogens (tertiary/aromatic N) is 3. The van der Waals surface area contributed by atoms with E-state index in [-0.39, 0.29) is 0 Å². The first kappa shape index (κ1) is 15.9. The first-order valence-electron chi connectivity index (χ1n) is 8.13. The maximum Gasteiger partial charge on any atom is 0.0926 e. The summed E-state index contributed by atoms with van der Waals surface area (Å²) in [7, 11) is 0. The van der Waals surface area contributed by atoms with Crippen LogP contribution in [0.3, 0.4) is 0 Å². The summed E-state index contributed by atoms with van der Waals surface area (Å²) < 4.78 is 0. The first-order valence-corrected chi connectivity index (χ1v) is 9.01. The molecule has 0 aromatic carbocycles. The van der Waals surface area contributed by atoms with E-state index in [1.165, 1.54) is 56.3 Å². The third-order valence-corrected chi connectivity index (χ3v) is 5.45. The van der Waals surface area contributed by atoms with Crippen LogP contribution in [-0.4, -0.2) is 47.5 Å². The summed E-state index contributed by atoms with van der Waals surface area (Å²) in [6, 6.07) is 0. The van der Waals surface area contributed by atoms with Gasteiger partial charge in [0, 0.05) is 18.5 Å². The zero-order valence-electron chi connectivity index (χ0n) is 13.3. The topological polar surface area (TPSA) is 19.4 Å². The number of rotatable bonds is 7. The van der Waals surface area contributed by atoms with Crippen LogP contribution in [-0.2, 0) is 13.0 Å². The van der Waals surface area contributed by atoms with Crippen molar-refractivity contribution in [2.75, 3.05) is 32.7 Å². The van der Waals surface area contributed by atoms with Gasteiger partial charge < -0.3 is 4.90 Å². The first-order chi connectivity index (χ1) is 9.75. The Balaban J connectivity index is 1.73. The molecule has 0 spiro atoms. The fourth-order valence-electron chi connectivity index (χ4n) is 2.99. The molecule has 0 saturated carbocycles. The summed E-state index contributed by atoms with van der Waals surface area (Å²) in [6.45, 7) is 13.9. The minimum Gasteiger partial charge on any atom is -0.304 e. The molecule has 3 nitrogen and oxygen atoms in total. The van der Waals surface area contributed by atoms with Crippen molar-refractivity contribution in [1.82, 2.24) is 14.8 Å². The molecule has 0 radical (unpaired) electrons. The lowest BCUT2D eigenvalue weighted by Gasteiger charge is -2.34. The van der Waals surface area contributed by atoms with Crippen LogP contribution in [0.4, 0.5) is 0 Å². The Morgan fingerprint density at radius 3 is 2.50 bits per heavy atom. The molecular weight excluding hydrogens is 266 g/mol. The maximum atomic E-state index is 4.69. The van der Waals surface area contributed by atoms with Crippen LogP contribution in [0.5, 0.6) is 0 Å². The van der Waals surface area contributed by atoms with Crippen molar-refractivity contribution in [3.05, 3.63) is 16.1 Å². The van der Waals surface area contributed by atoms with Gasteiger partial charge in [0.2, 0.25) is 0 Å². The monoisotopic (exact) mass is 295 g/mol. The molecule has 1 aliphatic heterocycles. The molecule has 1 fully saturated rings. The number of hydrogen-bond donors (Lipinski definition) is 0. The molecule has 2 rings (SSSR count). The highest BCUT2D eigenvalue weighted by Gasteiger charge is 2.21. The van der Waals surface area contributed by atoms with E-state index in [4.69, 9.17) is 0 Å². The van der Waals surface area contributed by atoms with E-state index in [0.717, 1.165) is 18.9 Å². The van der Waals surface area contributed by atoms with Gasteiger partial charge in [-0.3, -0.25) is 4.90 Å². The van der Waals surface area contributed by atoms with E-state index in [1.54, 1.807) is 0 Å². The quantitative estimate of drug-likeness (QED) is 0.770. The number of aromatic nitrogens is 1. The van der Waals surface area contributed by atoms with Gasteiger partial charge in [0.05, 0.1) is 10.7 Å². The fraction of sp³-hybridized carbons (Fsp3) is 0.812. The van der Waals surface area contributed by atoms with Crippen LogP contribution >= 0.6 is 11.3 Å². The van der Waals surface area contributed by atoms with Gasteiger partial charge in [-0.25, -0.2) is 4.98 Å². The molecule has 4 heteroatoms. The van der Waals surface area contributed by atoms with Gasteiger partial charge in [-0.2, -0.15) is 0 Å². The van der Waals surface area contributed by atoms with Crippen molar-refractivity contribution in [3.8, 4) is 0 Å². The largest absolute Gasteiger partial charge is 0.304 e. The molecule has 20 heavy (non-hydrogen) atoms. The second-order valence-corrected chi connectivity index (χ2v) is 6.73. The summed E-state index contributed by atoms with van der Waals surface area (Å²) in [5.41, 5.74) is 1.27. The Bertz CT molecular complexity index is 379. The van der Waals surface area contributed by atoms with Crippen molar-refractivity contribution in [1.29, 1.82) is 0 Å². The van der Waals surface area contributed by atoms with Crippen molar-refractivity contribution in [3.63, 3.8) is 0 Å². The second-order valence-electron chi connectivity index (χ2n) is 5.79. The summed E-state index contributed by atoms with van der Waals surface area (Å²) in [4.78, 5) is 9.83. The normalized spacial score (nSPS) is 18.0. The average Bonchev–Trinajstić information content (AvgIpc) is 2.94. The Hall–Kier alpha value is -0.450. The zero-order valence-corrected chi connectivity index (χ0v) is 14.1. The summed E-state index contributed by atoms with van der Waals surface area (Å²) >= 11 is 1.81. The highest BCUT2D eigenvalue weighted by molar-refractivity contribution is 7.09. The molecule has 0 bridgehead atoms. The second kappa shape index (κ2) is 8.11. The van der Waals surface area contributed by atoms with Gasteiger partial charge in [0.1, 0.15) is 0 Å². The highest BCUT2D eigenvalue weighted by Crippen LogP contribution is 2.20. The maximum absolute atomic E-state index is 4.69. The van der Waals surface area contributed by atoms with E-state index in [2.05, 4.69) is 40.9 Å². The van der Waals surface area contributed by atoms with Gasteiger partial charge in [-0.05, 0) is 51.4 Å². The molecule has 2 heterocycles. The van der Waals surface area contributed by atoms with Gasteiger partial charge >= 0.3 is 0 Å². The van der Waals surface area contributed by atoms with Crippen molar-refractivity contribution in [2.45, 2.75) is 46.6 Å². The molecule has 0 amide bonds. The third-order valence-electron chi connectivity index (χ3n) is 4.41. The minimum atomic E-state index is 0.896. The minimum absolute atomic E-state index is 0.896. The number of hydrogen-bond acceptors (Lipinski definition) is 4. The van der Waals surface area contributed by atoms with Crippen molar-refractivity contribution < 1.29 is 0 Å². The summed E-state index contributed by atoms with van der Waals surface area (Å²) in [5.74, 6) is 0.896. The Morgan fingerprint density at radius 1 is 1.25 bits per heavy atom. The van der Waals surface area contributed by atoms with Crippen LogP contribution in [0.2, 0.25) is 0 Å². The van der Waals surface area contributed by atoms with Crippen molar-refractivity contribution in [2.24, 2.45) is 5.92 Å². The lowest BCUT2D eigenvalue weighted by atomic mass is 9.96. The lowest BCUT2D eigenvalue weighted by Crippen LogP contribution is -2.38. The molecule has 1 saturated heterocycles. The smallest absolute Gasteiger partial charge is 0.0926 e. The van der Waals surface area contributed by atoms with Crippen LogP contribution in [0.15, 0.2) is 5.38 Å². The lowest BCUT2D eigenvalue weighted by molar-refractivity contribution is 0.142. The van der Waals surface area contributed by atoms with Crippen LogP contribution in [0.25, 0.3) is 0 Å². The molecule has 1 aromatic heterocycles. The van der Waals surface area contributed by atoms with E-state index in [9.17, 15) is 0 Å². The molecule has 1 aliphatic rings. The molecule has 0 aliphatic carbocycles. The number of aryl methyl sites for hydroxylation is 1. The van der Waals surface area contributed by atoms with Gasteiger partial charge in [-0.15, -0.1) is 11.3 Å². The fourth-order valence-corrected chi connectivity index (χ4v) is 3.72. The predicted octanol–water partition coefficient (Wildman–Crippen LogP) is 3.26. The highest BCUT2D eigenvalue weighted by atomic mass is 32.1. The van der Waals surface area contributed by atoms with Crippen molar-refractivity contribution >= 4 is 11.3 Å². The third kappa shape index (κ3) is 4.54. The van der Waals surface area contributed by atoms with Gasteiger partial charge in [0.15, 0.2) is 0 Å². The molecule has 1 aromatic rings. The SMILES string of the molecule is CCc1nc(CN2CCC(CN(CC)CC)CC2)cs1. The molecule has 0 atom stereocenters. The molecule has 114 valence electrons. The van der Waals surface area contributed by atoms with E-state index >= 15 is 0 Å². The molecule has 0 unspecified atom stereocenters. The number of likely N-dealkylation sites (tertiary alicyclic amines) is 1. The molecular formula is C16H29N3S. The van der Waals surface area contributed by atoms with Crippen LogP contribution in [0.1, 0.15) is 44.3 Å². The Kier molecular flexibility index (Phi) is 6.46. The predicted molar refractivity (Wildman–Crippen MR) is 87.3 cm³/mol. The van der Waals surface area contributed by atoms with Crippen LogP contribution < -0.4 is 0 Å². The van der Waals surface area contributed by atoms with Crippen LogP contribution in [0, 0.1) is 5.92 Å². The standard InChI is InChI=1S/C16H29N3S/c1-4-16-17-15(13-20-16)12-19-9-7-14(8-10-19)11-18(5-2)6-3/h13-14H,4-12H2,1-3H3. The van der Waals surface area contributed by atoms with E-state index in [0.29, 0.717) is 0 Å². The number of piperidine rings is 1. The van der Waals surface area contributed by atoms with Gasteiger partial charge in [-0.1, -0.05) is 20.8 Å². The average molecular weight is 295 g/mol. The zero-order chi connectivity index (χ0) is 14.4. The Morgan fingerprint density at radius 2 is 1.95 bits per heavy atom. The summed E-state index contributed by atoms with van der Waals surface area (Å²) in [6.07, 6.45) is 3.76. The molecule has 0 N–H and O–H groups in total.